The zero-order chi connectivity index (χ0) is 13.2. The number of rotatable bonds is 5. The van der Waals surface area contributed by atoms with Gasteiger partial charge in [-0.1, -0.05) is 0 Å². The van der Waals surface area contributed by atoms with E-state index in [0.717, 1.165) is 0 Å². The van der Waals surface area contributed by atoms with Crippen molar-refractivity contribution < 1.29 is 12.8 Å². The Morgan fingerprint density at radius 3 is 2.83 bits per heavy atom. The van der Waals surface area contributed by atoms with Crippen LogP contribution in [0.2, 0.25) is 0 Å². The van der Waals surface area contributed by atoms with Crippen LogP contribution < -0.4 is 4.72 Å². The van der Waals surface area contributed by atoms with Crippen LogP contribution in [0, 0.1) is 6.92 Å². The second-order valence-electron chi connectivity index (χ2n) is 3.84. The Balaban J connectivity index is 2.17. The van der Waals surface area contributed by atoms with Crippen LogP contribution in [0.15, 0.2) is 33.9 Å². The van der Waals surface area contributed by atoms with E-state index in [9.17, 15) is 8.42 Å². The topological polar surface area (TPSA) is 77.1 Å². The molecular weight excluding hydrogens is 254 g/mol. The molecule has 0 aromatic carbocycles. The van der Waals surface area contributed by atoms with Crippen molar-refractivity contribution in [3.05, 3.63) is 36.0 Å². The first kappa shape index (κ1) is 12.8. The number of aryl methyl sites for hydroxylation is 2. The fraction of sp³-hybridized carbons (Fsp3) is 0.364. The minimum absolute atomic E-state index is 0.131. The second-order valence-corrected chi connectivity index (χ2v) is 5.57. The molecule has 0 atom stereocenters. The maximum Gasteiger partial charge on any atom is 0.244 e. The zero-order valence-corrected chi connectivity index (χ0v) is 11.1. The summed E-state index contributed by atoms with van der Waals surface area (Å²) in [5.74, 6) is 0.569. The highest BCUT2D eigenvalue weighted by Crippen LogP contribution is 2.13. The summed E-state index contributed by atoms with van der Waals surface area (Å²) in [7, 11) is -3.55. The van der Waals surface area contributed by atoms with Crippen LogP contribution in [0.4, 0.5) is 0 Å². The summed E-state index contributed by atoms with van der Waals surface area (Å²) in [5.41, 5.74) is 0.490. The zero-order valence-electron chi connectivity index (χ0n) is 10.3. The van der Waals surface area contributed by atoms with Gasteiger partial charge in [-0.25, -0.2) is 13.1 Å². The van der Waals surface area contributed by atoms with Gasteiger partial charge in [-0.05, 0) is 26.0 Å². The Kier molecular flexibility index (Phi) is 3.53. The summed E-state index contributed by atoms with van der Waals surface area (Å²) in [5, 5.41) is 4.11. The van der Waals surface area contributed by atoms with E-state index < -0.39 is 10.0 Å². The number of aromatic nitrogens is 2. The molecule has 0 aliphatic heterocycles. The minimum atomic E-state index is -3.55. The van der Waals surface area contributed by atoms with E-state index in [4.69, 9.17) is 4.42 Å². The minimum Gasteiger partial charge on any atom is -0.468 e. The molecule has 2 aromatic rings. The fourth-order valence-corrected chi connectivity index (χ4v) is 2.76. The van der Waals surface area contributed by atoms with Crippen molar-refractivity contribution in [2.45, 2.75) is 31.8 Å². The molecule has 7 heteroatoms. The molecule has 0 aliphatic rings. The van der Waals surface area contributed by atoms with Gasteiger partial charge in [0.2, 0.25) is 10.0 Å². The summed E-state index contributed by atoms with van der Waals surface area (Å²) in [6.07, 6.45) is 3.03. The number of sulfonamides is 1. The van der Waals surface area contributed by atoms with Gasteiger partial charge < -0.3 is 4.42 Å². The molecular formula is C11H15N3O3S. The maximum atomic E-state index is 12.1. The van der Waals surface area contributed by atoms with Crippen LogP contribution in [-0.2, 0) is 23.1 Å². The van der Waals surface area contributed by atoms with Gasteiger partial charge in [-0.15, -0.1) is 0 Å². The van der Waals surface area contributed by atoms with E-state index in [1.165, 1.54) is 12.5 Å². The lowest BCUT2D eigenvalue weighted by Crippen LogP contribution is -2.23. The average molecular weight is 269 g/mol. The Morgan fingerprint density at radius 2 is 2.28 bits per heavy atom. The van der Waals surface area contributed by atoms with Gasteiger partial charge in [0.1, 0.15) is 10.7 Å². The Bertz CT molecular complexity index is 614. The van der Waals surface area contributed by atoms with E-state index in [0.29, 0.717) is 18.0 Å². The van der Waals surface area contributed by atoms with Crippen LogP contribution in [-0.4, -0.2) is 18.2 Å². The van der Waals surface area contributed by atoms with Crippen molar-refractivity contribution in [1.29, 1.82) is 0 Å². The normalized spacial score (nSPS) is 11.9. The molecule has 2 rings (SSSR count). The van der Waals surface area contributed by atoms with Gasteiger partial charge in [0.15, 0.2) is 0 Å². The van der Waals surface area contributed by atoms with Crippen LogP contribution in [0.25, 0.3) is 0 Å². The molecule has 18 heavy (non-hydrogen) atoms. The maximum absolute atomic E-state index is 12.1. The van der Waals surface area contributed by atoms with Gasteiger partial charge >= 0.3 is 0 Å². The molecule has 0 saturated heterocycles. The molecule has 1 N–H and O–H groups in total. The summed E-state index contributed by atoms with van der Waals surface area (Å²) in [6, 6.07) is 3.43. The number of hydrogen-bond acceptors (Lipinski definition) is 4. The fourth-order valence-electron chi connectivity index (χ4n) is 1.58. The molecule has 0 fully saturated rings. The highest BCUT2D eigenvalue weighted by atomic mass is 32.2. The average Bonchev–Trinajstić information content (AvgIpc) is 2.95. The number of nitrogens with one attached hydrogen (secondary N) is 1. The predicted octanol–water partition coefficient (Wildman–Crippen LogP) is 1.28. The lowest BCUT2D eigenvalue weighted by molar-refractivity contribution is 0.498. The van der Waals surface area contributed by atoms with Crippen molar-refractivity contribution in [3.63, 3.8) is 0 Å². The number of furan rings is 1. The van der Waals surface area contributed by atoms with Gasteiger partial charge in [0.25, 0.3) is 0 Å². The van der Waals surface area contributed by atoms with Crippen LogP contribution in [0.5, 0.6) is 0 Å². The quantitative estimate of drug-likeness (QED) is 0.887. The first-order valence-corrected chi connectivity index (χ1v) is 7.07. The largest absolute Gasteiger partial charge is 0.468 e. The van der Waals surface area contributed by atoms with Gasteiger partial charge in [-0.2, -0.15) is 5.10 Å². The summed E-state index contributed by atoms with van der Waals surface area (Å²) >= 11 is 0. The van der Waals surface area contributed by atoms with Crippen molar-refractivity contribution in [3.8, 4) is 0 Å². The van der Waals surface area contributed by atoms with Crippen molar-refractivity contribution in [1.82, 2.24) is 14.5 Å². The van der Waals surface area contributed by atoms with Gasteiger partial charge in [0.05, 0.1) is 18.5 Å². The van der Waals surface area contributed by atoms with Gasteiger partial charge in [0, 0.05) is 12.7 Å². The third-order valence-electron chi connectivity index (χ3n) is 2.53. The standard InChI is InChI=1S/C11H15N3O3S/c1-3-14-8-11(9(2)13-14)18(15,16)12-7-10-5-4-6-17-10/h4-6,8,12H,3,7H2,1-2H3. The molecule has 98 valence electrons. The van der Waals surface area contributed by atoms with Crippen molar-refractivity contribution in [2.75, 3.05) is 0 Å². The lowest BCUT2D eigenvalue weighted by atomic mass is 10.5. The third kappa shape index (κ3) is 2.62. The molecule has 0 aliphatic carbocycles. The molecule has 0 amide bonds. The third-order valence-corrected chi connectivity index (χ3v) is 4.04. The smallest absolute Gasteiger partial charge is 0.244 e. The second kappa shape index (κ2) is 4.95. The predicted molar refractivity (Wildman–Crippen MR) is 65.4 cm³/mol. The summed E-state index contributed by atoms with van der Waals surface area (Å²) < 4.78 is 33.3. The van der Waals surface area contributed by atoms with E-state index in [1.54, 1.807) is 23.7 Å². The molecule has 2 heterocycles. The molecule has 2 aromatic heterocycles. The van der Waals surface area contributed by atoms with Crippen molar-refractivity contribution in [2.24, 2.45) is 0 Å². The number of nitrogens with zero attached hydrogens (tertiary/aromatic N) is 2. The number of hydrogen-bond donors (Lipinski definition) is 1. The first-order valence-electron chi connectivity index (χ1n) is 5.59. The molecule has 0 unspecified atom stereocenters. The molecule has 0 spiro atoms. The Hall–Kier alpha value is -1.60. The molecule has 6 nitrogen and oxygen atoms in total. The SMILES string of the molecule is CCn1cc(S(=O)(=O)NCc2ccco2)c(C)n1. The first-order chi connectivity index (χ1) is 8.53. The lowest BCUT2D eigenvalue weighted by Gasteiger charge is -2.03. The highest BCUT2D eigenvalue weighted by Gasteiger charge is 2.20. The van der Waals surface area contributed by atoms with Crippen LogP contribution >= 0.6 is 0 Å². The summed E-state index contributed by atoms with van der Waals surface area (Å²) in [6.45, 7) is 4.34. The Labute approximate surface area is 106 Å². The monoisotopic (exact) mass is 269 g/mol. The van der Waals surface area contributed by atoms with Crippen LogP contribution in [0.3, 0.4) is 0 Å². The van der Waals surface area contributed by atoms with E-state index >= 15 is 0 Å². The Morgan fingerprint density at radius 1 is 1.50 bits per heavy atom. The molecule has 0 radical (unpaired) electrons. The molecule has 0 saturated carbocycles. The van der Waals surface area contributed by atoms with E-state index in [2.05, 4.69) is 9.82 Å². The van der Waals surface area contributed by atoms with Crippen LogP contribution in [0.1, 0.15) is 18.4 Å². The molecule has 0 bridgehead atoms. The summed E-state index contributed by atoms with van der Waals surface area (Å²) in [4.78, 5) is 0.205. The highest BCUT2D eigenvalue weighted by molar-refractivity contribution is 7.89. The van der Waals surface area contributed by atoms with Gasteiger partial charge in [-0.3, -0.25) is 4.68 Å². The van der Waals surface area contributed by atoms with Crippen molar-refractivity contribution >= 4 is 10.0 Å². The van der Waals surface area contributed by atoms with E-state index in [-0.39, 0.29) is 11.4 Å². The van der Waals surface area contributed by atoms with E-state index in [1.807, 2.05) is 6.92 Å².